The Kier molecular flexibility index (Phi) is 4.45. The van der Waals surface area contributed by atoms with Crippen molar-refractivity contribution < 1.29 is 24.3 Å². The van der Waals surface area contributed by atoms with Crippen LogP contribution in [0.25, 0.3) is 0 Å². The Labute approximate surface area is 73.8 Å². The number of hydrogen-bond donors (Lipinski definition) is 3. The summed E-state index contributed by atoms with van der Waals surface area (Å²) in [6.07, 6.45) is -0.501. The fraction of sp³-hybridized carbons (Fsp3) is 0.500. The number of carbonyl (C=O) groups is 3. The van der Waals surface area contributed by atoms with Crippen LogP contribution in [0.15, 0.2) is 0 Å². The number of hydrogen-bond acceptors (Lipinski definition) is 5. The van der Waals surface area contributed by atoms with Gasteiger partial charge in [0.1, 0.15) is 5.92 Å². The lowest BCUT2D eigenvalue weighted by Gasteiger charge is -2.09. The number of esters is 1. The first-order valence-corrected chi connectivity index (χ1v) is 3.33. The molecule has 0 bridgehead atoms. The van der Waals surface area contributed by atoms with Crippen LogP contribution in [0.3, 0.4) is 0 Å². The molecule has 74 valence electrons. The first kappa shape index (κ1) is 11.4. The molecule has 0 aromatic heterocycles. The van der Waals surface area contributed by atoms with Crippen molar-refractivity contribution in [2.75, 3.05) is 7.11 Å². The molecule has 0 aliphatic heterocycles. The molecule has 0 aliphatic rings. The first-order valence-electron chi connectivity index (χ1n) is 3.33. The molecule has 0 aromatic rings. The highest BCUT2D eigenvalue weighted by atomic mass is 16.5. The van der Waals surface area contributed by atoms with E-state index >= 15 is 0 Å². The van der Waals surface area contributed by atoms with Crippen LogP contribution in [0.2, 0.25) is 0 Å². The van der Waals surface area contributed by atoms with E-state index in [1.54, 1.807) is 0 Å². The van der Waals surface area contributed by atoms with Gasteiger partial charge in [0.15, 0.2) is 0 Å². The Hall–Kier alpha value is -1.63. The van der Waals surface area contributed by atoms with E-state index < -0.39 is 30.1 Å². The molecular formula is C6H10N2O5. The summed E-state index contributed by atoms with van der Waals surface area (Å²) in [6, 6.07) is 0. The predicted molar refractivity (Wildman–Crippen MR) is 39.2 cm³/mol. The van der Waals surface area contributed by atoms with Crippen molar-refractivity contribution in [2.24, 2.45) is 11.7 Å². The van der Waals surface area contributed by atoms with Crippen molar-refractivity contribution in [2.45, 2.75) is 6.42 Å². The number of nitrogens with two attached hydrogens (primary N) is 1. The van der Waals surface area contributed by atoms with Gasteiger partial charge in [-0.2, -0.15) is 0 Å². The van der Waals surface area contributed by atoms with Crippen LogP contribution >= 0.6 is 0 Å². The summed E-state index contributed by atoms with van der Waals surface area (Å²) in [5.41, 5.74) is 6.01. The van der Waals surface area contributed by atoms with Crippen LogP contribution in [0, 0.1) is 5.92 Å². The van der Waals surface area contributed by atoms with E-state index in [2.05, 4.69) is 4.74 Å². The molecule has 0 saturated heterocycles. The molecule has 4 N–H and O–H groups in total. The Balaban J connectivity index is 4.45. The molecule has 13 heavy (non-hydrogen) atoms. The lowest BCUT2D eigenvalue weighted by Crippen LogP contribution is -2.37. The van der Waals surface area contributed by atoms with E-state index in [0.29, 0.717) is 0 Å². The molecule has 0 saturated carbocycles. The molecule has 2 amide bonds. The summed E-state index contributed by atoms with van der Waals surface area (Å²) in [6.45, 7) is 0. The van der Waals surface area contributed by atoms with Gasteiger partial charge in [0.2, 0.25) is 5.91 Å². The summed E-state index contributed by atoms with van der Waals surface area (Å²) >= 11 is 0. The average Bonchev–Trinajstić information content (AvgIpc) is 2.11. The maximum atomic E-state index is 10.8. The third-order valence-electron chi connectivity index (χ3n) is 1.32. The lowest BCUT2D eigenvalue weighted by molar-refractivity contribution is -0.154. The fourth-order valence-electron chi connectivity index (χ4n) is 0.704. The second-order valence-corrected chi connectivity index (χ2v) is 2.22. The molecule has 0 aromatic carbocycles. The SMILES string of the molecule is COC(=O)C(CC(N)=O)C(=O)NO. The second-order valence-electron chi connectivity index (χ2n) is 2.22. The van der Waals surface area contributed by atoms with Gasteiger partial charge in [0, 0.05) is 6.42 Å². The standard InChI is InChI=1S/C6H10N2O5/c1-13-6(11)3(2-4(7)9)5(10)8-12/h3,12H,2H2,1H3,(H2,7,9)(H,8,10). The van der Waals surface area contributed by atoms with E-state index in [4.69, 9.17) is 10.9 Å². The molecule has 0 radical (unpaired) electrons. The number of nitrogens with one attached hydrogen (secondary N) is 1. The summed E-state index contributed by atoms with van der Waals surface area (Å²) in [7, 11) is 1.06. The zero-order valence-electron chi connectivity index (χ0n) is 6.94. The van der Waals surface area contributed by atoms with Crippen molar-refractivity contribution in [1.29, 1.82) is 0 Å². The topological polar surface area (TPSA) is 119 Å². The molecule has 0 rings (SSSR count). The largest absolute Gasteiger partial charge is 0.468 e. The minimum atomic E-state index is -1.40. The summed E-state index contributed by atoms with van der Waals surface area (Å²) in [4.78, 5) is 32.0. The van der Waals surface area contributed by atoms with Gasteiger partial charge in [-0.15, -0.1) is 0 Å². The fourth-order valence-corrected chi connectivity index (χ4v) is 0.704. The highest BCUT2D eigenvalue weighted by molar-refractivity contribution is 6.00. The summed E-state index contributed by atoms with van der Waals surface area (Å²) in [5, 5.41) is 8.20. The van der Waals surface area contributed by atoms with E-state index in [1.807, 2.05) is 0 Å². The number of carbonyl (C=O) groups excluding carboxylic acids is 3. The molecule has 0 fully saturated rings. The number of rotatable bonds is 4. The van der Waals surface area contributed by atoms with Gasteiger partial charge in [0.25, 0.3) is 5.91 Å². The van der Waals surface area contributed by atoms with E-state index in [0.717, 1.165) is 7.11 Å². The van der Waals surface area contributed by atoms with Crippen LogP contribution in [-0.2, 0) is 19.1 Å². The molecule has 1 unspecified atom stereocenters. The molecule has 0 aliphatic carbocycles. The highest BCUT2D eigenvalue weighted by Gasteiger charge is 2.28. The Morgan fingerprint density at radius 2 is 2.08 bits per heavy atom. The van der Waals surface area contributed by atoms with Crippen molar-refractivity contribution in [3.8, 4) is 0 Å². The minimum absolute atomic E-state index is 0.501. The summed E-state index contributed by atoms with van der Waals surface area (Å²) in [5.74, 6) is -4.18. The average molecular weight is 190 g/mol. The van der Waals surface area contributed by atoms with E-state index in [1.165, 1.54) is 5.48 Å². The highest BCUT2D eigenvalue weighted by Crippen LogP contribution is 2.04. The number of ether oxygens (including phenoxy) is 1. The zero-order valence-corrected chi connectivity index (χ0v) is 6.94. The normalized spacial score (nSPS) is 11.5. The lowest BCUT2D eigenvalue weighted by atomic mass is 10.1. The predicted octanol–water partition coefficient (Wildman–Crippen LogP) is -1.84. The van der Waals surface area contributed by atoms with Crippen molar-refractivity contribution in [1.82, 2.24) is 5.48 Å². The molecule has 7 nitrogen and oxygen atoms in total. The Morgan fingerprint density at radius 1 is 1.54 bits per heavy atom. The quantitative estimate of drug-likeness (QED) is 0.208. The molecule has 0 spiro atoms. The molecule has 0 heterocycles. The van der Waals surface area contributed by atoms with E-state index in [-0.39, 0.29) is 0 Å². The Bertz CT molecular complexity index is 211. The Morgan fingerprint density at radius 3 is 2.38 bits per heavy atom. The number of hydroxylamine groups is 1. The van der Waals surface area contributed by atoms with Crippen molar-refractivity contribution in [3.05, 3.63) is 0 Å². The molecule has 7 heteroatoms. The van der Waals surface area contributed by atoms with Gasteiger partial charge in [-0.3, -0.25) is 19.6 Å². The van der Waals surface area contributed by atoms with Gasteiger partial charge in [-0.05, 0) is 0 Å². The molecular weight excluding hydrogens is 180 g/mol. The third-order valence-corrected chi connectivity index (χ3v) is 1.32. The van der Waals surface area contributed by atoms with Crippen LogP contribution in [0.1, 0.15) is 6.42 Å². The van der Waals surface area contributed by atoms with Gasteiger partial charge < -0.3 is 10.5 Å². The number of primary amides is 1. The van der Waals surface area contributed by atoms with Gasteiger partial charge in [-0.1, -0.05) is 0 Å². The van der Waals surface area contributed by atoms with Gasteiger partial charge in [-0.25, -0.2) is 5.48 Å². The third kappa shape index (κ3) is 3.52. The maximum Gasteiger partial charge on any atom is 0.318 e. The van der Waals surface area contributed by atoms with Crippen LogP contribution in [0.5, 0.6) is 0 Å². The second kappa shape index (κ2) is 5.09. The zero-order chi connectivity index (χ0) is 10.4. The number of amides is 2. The van der Waals surface area contributed by atoms with Crippen molar-refractivity contribution >= 4 is 17.8 Å². The maximum absolute atomic E-state index is 10.8. The van der Waals surface area contributed by atoms with Crippen molar-refractivity contribution in [3.63, 3.8) is 0 Å². The van der Waals surface area contributed by atoms with Crippen LogP contribution in [0.4, 0.5) is 0 Å². The van der Waals surface area contributed by atoms with Crippen LogP contribution in [-0.4, -0.2) is 30.1 Å². The van der Waals surface area contributed by atoms with E-state index in [9.17, 15) is 14.4 Å². The van der Waals surface area contributed by atoms with Gasteiger partial charge >= 0.3 is 5.97 Å². The van der Waals surface area contributed by atoms with Crippen LogP contribution < -0.4 is 11.2 Å². The number of methoxy groups -OCH3 is 1. The first-order chi connectivity index (χ1) is 6.02. The summed E-state index contributed by atoms with van der Waals surface area (Å²) < 4.78 is 4.22. The smallest absolute Gasteiger partial charge is 0.318 e. The monoisotopic (exact) mass is 190 g/mol. The van der Waals surface area contributed by atoms with Gasteiger partial charge in [0.05, 0.1) is 7.11 Å². The molecule has 1 atom stereocenters. The minimum Gasteiger partial charge on any atom is -0.468 e.